The molecule has 1 aromatic carbocycles. The van der Waals surface area contributed by atoms with Crippen molar-refractivity contribution in [3.8, 4) is 5.75 Å². The minimum atomic E-state index is -0.773. The zero-order valence-corrected chi connectivity index (χ0v) is 10.1. The fourth-order valence-electron chi connectivity index (χ4n) is 1.42. The Kier molecular flexibility index (Phi) is 5.52. The predicted octanol–water partition coefficient (Wildman–Crippen LogP) is 2.03. The highest BCUT2D eigenvalue weighted by atomic mass is 19.1. The Morgan fingerprint density at radius 2 is 2.26 bits per heavy atom. The zero-order chi connectivity index (χ0) is 14.3. The smallest absolute Gasteiger partial charge is 0.314 e. The van der Waals surface area contributed by atoms with Gasteiger partial charge in [0.25, 0.3) is 0 Å². The van der Waals surface area contributed by atoms with Gasteiger partial charge in [-0.25, -0.2) is 4.39 Å². The number of nitrogens with two attached hydrogens (primary N) is 1. The number of nitro groups is 1. The summed E-state index contributed by atoms with van der Waals surface area (Å²) in [6, 6.07) is 3.52. The van der Waals surface area contributed by atoms with E-state index in [-0.39, 0.29) is 18.2 Å². The Balaban J connectivity index is 2.51. The van der Waals surface area contributed by atoms with Crippen molar-refractivity contribution in [1.29, 1.82) is 0 Å². The number of amidine groups is 1. The van der Waals surface area contributed by atoms with Crippen LogP contribution in [0.25, 0.3) is 0 Å². The molecule has 0 saturated heterocycles. The summed E-state index contributed by atoms with van der Waals surface area (Å²) >= 11 is 0. The van der Waals surface area contributed by atoms with E-state index >= 15 is 0 Å². The number of oxime groups is 1. The second-order valence-electron chi connectivity index (χ2n) is 3.74. The van der Waals surface area contributed by atoms with Crippen molar-refractivity contribution in [2.75, 3.05) is 6.61 Å². The summed E-state index contributed by atoms with van der Waals surface area (Å²) in [5.74, 6) is -1.04. The van der Waals surface area contributed by atoms with Crippen LogP contribution in [-0.2, 0) is 0 Å². The van der Waals surface area contributed by atoms with Crippen LogP contribution >= 0.6 is 0 Å². The van der Waals surface area contributed by atoms with Gasteiger partial charge in [-0.1, -0.05) is 11.2 Å². The van der Waals surface area contributed by atoms with Crippen LogP contribution in [-0.4, -0.2) is 22.6 Å². The third-order valence-corrected chi connectivity index (χ3v) is 2.34. The van der Waals surface area contributed by atoms with Crippen molar-refractivity contribution in [2.45, 2.75) is 19.3 Å². The van der Waals surface area contributed by atoms with Gasteiger partial charge in [-0.2, -0.15) is 0 Å². The molecule has 0 aliphatic heterocycles. The van der Waals surface area contributed by atoms with Crippen LogP contribution < -0.4 is 10.5 Å². The maximum absolute atomic E-state index is 13.4. The summed E-state index contributed by atoms with van der Waals surface area (Å²) in [5.41, 5.74) is 4.86. The number of nitrogens with zero attached hydrogens (tertiary/aromatic N) is 2. The average Bonchev–Trinajstić information content (AvgIpc) is 2.39. The SMILES string of the molecule is N/C(CCCCOc1c(F)cccc1[N+](=O)[O-])=N/O. The summed E-state index contributed by atoms with van der Waals surface area (Å²) in [6.07, 6.45) is 1.44. The molecule has 7 nitrogen and oxygen atoms in total. The molecule has 19 heavy (non-hydrogen) atoms. The van der Waals surface area contributed by atoms with Gasteiger partial charge in [0.2, 0.25) is 5.75 Å². The van der Waals surface area contributed by atoms with Crippen molar-refractivity contribution in [1.82, 2.24) is 0 Å². The van der Waals surface area contributed by atoms with E-state index in [1.165, 1.54) is 12.1 Å². The minimum absolute atomic E-state index is 0.0943. The van der Waals surface area contributed by atoms with Crippen LogP contribution in [0, 0.1) is 15.9 Å². The highest BCUT2D eigenvalue weighted by Crippen LogP contribution is 2.29. The van der Waals surface area contributed by atoms with Crippen molar-refractivity contribution in [3.05, 3.63) is 34.1 Å². The first-order chi connectivity index (χ1) is 9.06. The highest BCUT2D eigenvalue weighted by molar-refractivity contribution is 5.79. The van der Waals surface area contributed by atoms with Gasteiger partial charge in [0.15, 0.2) is 5.82 Å². The Bertz CT molecular complexity index is 479. The fourth-order valence-corrected chi connectivity index (χ4v) is 1.42. The summed E-state index contributed by atoms with van der Waals surface area (Å²) in [7, 11) is 0. The van der Waals surface area contributed by atoms with E-state index in [1.54, 1.807) is 0 Å². The third-order valence-electron chi connectivity index (χ3n) is 2.34. The number of ether oxygens (including phenoxy) is 1. The molecule has 0 amide bonds. The molecule has 0 fully saturated rings. The maximum atomic E-state index is 13.4. The number of hydrogen-bond acceptors (Lipinski definition) is 5. The van der Waals surface area contributed by atoms with Crippen LogP contribution in [0.3, 0.4) is 0 Å². The van der Waals surface area contributed by atoms with E-state index in [9.17, 15) is 14.5 Å². The Hall–Kier alpha value is -2.38. The number of benzene rings is 1. The van der Waals surface area contributed by atoms with Gasteiger partial charge in [-0.15, -0.1) is 0 Å². The Morgan fingerprint density at radius 1 is 1.53 bits per heavy atom. The van der Waals surface area contributed by atoms with E-state index in [2.05, 4.69) is 5.16 Å². The van der Waals surface area contributed by atoms with Crippen molar-refractivity contribution < 1.29 is 19.3 Å². The van der Waals surface area contributed by atoms with E-state index in [0.29, 0.717) is 19.3 Å². The van der Waals surface area contributed by atoms with Gasteiger partial charge in [-0.3, -0.25) is 10.1 Å². The maximum Gasteiger partial charge on any atom is 0.314 e. The number of halogens is 1. The van der Waals surface area contributed by atoms with Crippen molar-refractivity contribution >= 4 is 11.5 Å². The van der Waals surface area contributed by atoms with Crippen molar-refractivity contribution in [3.63, 3.8) is 0 Å². The lowest BCUT2D eigenvalue weighted by Gasteiger charge is -2.07. The number of nitro benzene ring substituents is 1. The molecule has 0 aliphatic carbocycles. The number of para-hydroxylation sites is 1. The predicted molar refractivity (Wildman–Crippen MR) is 65.8 cm³/mol. The molecule has 0 spiro atoms. The van der Waals surface area contributed by atoms with Gasteiger partial charge >= 0.3 is 5.69 Å². The summed E-state index contributed by atoms with van der Waals surface area (Å²) in [4.78, 5) is 9.99. The fraction of sp³-hybridized carbons (Fsp3) is 0.364. The summed E-state index contributed by atoms with van der Waals surface area (Å²) < 4.78 is 18.5. The minimum Gasteiger partial charge on any atom is -0.485 e. The molecule has 0 heterocycles. The van der Waals surface area contributed by atoms with Crippen LogP contribution in [0.1, 0.15) is 19.3 Å². The van der Waals surface area contributed by atoms with E-state index < -0.39 is 16.4 Å². The second kappa shape index (κ2) is 7.14. The van der Waals surface area contributed by atoms with E-state index in [4.69, 9.17) is 15.7 Å². The van der Waals surface area contributed by atoms with Gasteiger partial charge < -0.3 is 15.7 Å². The number of hydrogen-bond donors (Lipinski definition) is 2. The molecule has 0 atom stereocenters. The van der Waals surface area contributed by atoms with Gasteiger partial charge in [0, 0.05) is 12.5 Å². The normalized spacial score (nSPS) is 11.3. The topological polar surface area (TPSA) is 111 Å². The van der Waals surface area contributed by atoms with Crippen LogP contribution in [0.4, 0.5) is 10.1 Å². The van der Waals surface area contributed by atoms with Gasteiger partial charge in [-0.05, 0) is 18.9 Å². The first-order valence-electron chi connectivity index (χ1n) is 5.58. The van der Waals surface area contributed by atoms with Crippen molar-refractivity contribution in [2.24, 2.45) is 10.9 Å². The summed E-state index contributed by atoms with van der Waals surface area (Å²) in [6.45, 7) is 0.112. The van der Waals surface area contributed by atoms with Crippen LogP contribution in [0.2, 0.25) is 0 Å². The lowest BCUT2D eigenvalue weighted by molar-refractivity contribution is -0.386. The van der Waals surface area contributed by atoms with E-state index in [1.807, 2.05) is 0 Å². The molecule has 0 saturated carbocycles. The van der Waals surface area contributed by atoms with Crippen LogP contribution in [0.15, 0.2) is 23.4 Å². The molecule has 0 aromatic heterocycles. The first kappa shape index (κ1) is 14.7. The second-order valence-corrected chi connectivity index (χ2v) is 3.74. The molecule has 0 bridgehead atoms. The van der Waals surface area contributed by atoms with E-state index in [0.717, 1.165) is 6.07 Å². The molecule has 0 radical (unpaired) electrons. The standard InChI is InChI=1S/C11H14FN3O4/c12-8-4-3-5-9(15(17)18)11(8)19-7-2-1-6-10(13)14-16/h3-5,16H,1-2,6-7H2,(H2,13,14). The highest BCUT2D eigenvalue weighted by Gasteiger charge is 2.18. The number of unbranched alkanes of at least 4 members (excludes halogenated alkanes) is 1. The summed E-state index contributed by atoms with van der Waals surface area (Å²) in [5, 5.41) is 21.8. The molecule has 104 valence electrons. The molecule has 1 aromatic rings. The molecule has 3 N–H and O–H groups in total. The number of rotatable bonds is 7. The van der Waals surface area contributed by atoms with Crippen LogP contribution in [0.5, 0.6) is 5.75 Å². The quantitative estimate of drug-likeness (QED) is 0.197. The first-order valence-corrected chi connectivity index (χ1v) is 5.58. The lowest BCUT2D eigenvalue weighted by atomic mass is 10.2. The Labute approximate surface area is 108 Å². The molecular weight excluding hydrogens is 257 g/mol. The molecule has 8 heteroatoms. The molecule has 0 unspecified atom stereocenters. The molecule has 0 aliphatic rings. The molecular formula is C11H14FN3O4. The Morgan fingerprint density at radius 3 is 2.89 bits per heavy atom. The lowest BCUT2D eigenvalue weighted by Crippen LogP contribution is -2.11. The largest absolute Gasteiger partial charge is 0.485 e. The molecule has 1 rings (SSSR count). The average molecular weight is 271 g/mol. The van der Waals surface area contributed by atoms with Gasteiger partial charge in [0.1, 0.15) is 5.84 Å². The third kappa shape index (κ3) is 4.41. The van der Waals surface area contributed by atoms with Gasteiger partial charge in [0.05, 0.1) is 11.5 Å². The monoisotopic (exact) mass is 271 g/mol. The zero-order valence-electron chi connectivity index (χ0n) is 10.1.